The summed E-state index contributed by atoms with van der Waals surface area (Å²) in [7, 11) is 0. The lowest BCUT2D eigenvalue weighted by atomic mass is 9.94. The number of hydrogen-bond acceptors (Lipinski definition) is 1. The van der Waals surface area contributed by atoms with Gasteiger partial charge in [-0.3, -0.25) is 4.99 Å². The van der Waals surface area contributed by atoms with Crippen LogP contribution < -0.4 is 0 Å². The van der Waals surface area contributed by atoms with Crippen molar-refractivity contribution >= 4 is 5.71 Å². The highest BCUT2D eigenvalue weighted by molar-refractivity contribution is 6.04. The molecule has 132 valence electrons. The summed E-state index contributed by atoms with van der Waals surface area (Å²) in [4.78, 5) is 5.06. The average molecular weight is 341 g/mol. The molecule has 0 spiro atoms. The van der Waals surface area contributed by atoms with E-state index in [2.05, 4.69) is 74.5 Å². The quantitative estimate of drug-likeness (QED) is 0.576. The molecule has 1 atom stereocenters. The molecular weight excluding hydrogens is 314 g/mol. The predicted octanol–water partition coefficient (Wildman–Crippen LogP) is 6.86. The number of aryl methyl sites for hydroxylation is 1. The fourth-order valence-electron chi connectivity index (χ4n) is 3.99. The standard InChI is InChI=1S/C25H27N/c1-3-19-8-10-20(11-9-19)21-12-14-22(15-13-21)24-16-17-25(26-24)23-7-5-4-6-18(23)2/h5,7-15,24H,3-4,6,16-17H2,1-2H3/t24-/m1/s1. The summed E-state index contributed by atoms with van der Waals surface area (Å²) in [5, 5.41) is 0. The van der Waals surface area contributed by atoms with Crippen molar-refractivity contribution < 1.29 is 0 Å². The summed E-state index contributed by atoms with van der Waals surface area (Å²) in [6.45, 7) is 4.45. The highest BCUT2D eigenvalue weighted by Crippen LogP contribution is 2.34. The van der Waals surface area contributed by atoms with Gasteiger partial charge in [0.25, 0.3) is 0 Å². The van der Waals surface area contributed by atoms with Crippen molar-refractivity contribution in [3.63, 3.8) is 0 Å². The monoisotopic (exact) mass is 341 g/mol. The van der Waals surface area contributed by atoms with Gasteiger partial charge in [0.2, 0.25) is 0 Å². The Kier molecular flexibility index (Phi) is 4.88. The van der Waals surface area contributed by atoms with Gasteiger partial charge in [-0.15, -0.1) is 0 Å². The summed E-state index contributed by atoms with van der Waals surface area (Å²) in [5.41, 5.74) is 9.50. The Hall–Kier alpha value is -2.41. The fraction of sp³-hybridized carbons (Fsp3) is 0.320. The largest absolute Gasteiger partial charge is 0.281 e. The van der Waals surface area contributed by atoms with Crippen molar-refractivity contribution in [2.45, 2.75) is 52.0 Å². The third-order valence-electron chi connectivity index (χ3n) is 5.70. The summed E-state index contributed by atoms with van der Waals surface area (Å²) in [6, 6.07) is 18.2. The molecule has 1 aliphatic carbocycles. The van der Waals surface area contributed by atoms with E-state index in [0.29, 0.717) is 6.04 Å². The first-order chi connectivity index (χ1) is 12.7. The molecule has 26 heavy (non-hydrogen) atoms. The lowest BCUT2D eigenvalue weighted by Gasteiger charge is -2.12. The van der Waals surface area contributed by atoms with Crippen LogP contribution in [0, 0.1) is 0 Å². The second-order valence-corrected chi connectivity index (χ2v) is 7.44. The fourth-order valence-corrected chi connectivity index (χ4v) is 3.99. The van der Waals surface area contributed by atoms with Gasteiger partial charge in [-0.05, 0) is 66.9 Å². The maximum Gasteiger partial charge on any atom is 0.0756 e. The second-order valence-electron chi connectivity index (χ2n) is 7.44. The Labute approximate surface area is 157 Å². The number of nitrogens with zero attached hydrogens (tertiary/aromatic N) is 1. The molecule has 0 saturated carbocycles. The Balaban J connectivity index is 1.53. The zero-order chi connectivity index (χ0) is 17.9. The number of aliphatic imine (C=N–C) groups is 1. The van der Waals surface area contributed by atoms with Gasteiger partial charge < -0.3 is 0 Å². The van der Waals surface area contributed by atoms with Crippen LogP contribution in [0.15, 0.2) is 76.8 Å². The number of hydrogen-bond donors (Lipinski definition) is 0. The van der Waals surface area contributed by atoms with Crippen molar-refractivity contribution in [2.75, 3.05) is 0 Å². The third kappa shape index (κ3) is 3.44. The molecule has 1 nitrogen and oxygen atoms in total. The van der Waals surface area contributed by atoms with Crippen LogP contribution in [0.3, 0.4) is 0 Å². The molecule has 2 aromatic rings. The van der Waals surface area contributed by atoms with E-state index in [4.69, 9.17) is 4.99 Å². The molecule has 0 unspecified atom stereocenters. The zero-order valence-corrected chi connectivity index (χ0v) is 15.8. The van der Waals surface area contributed by atoms with Gasteiger partial charge in [-0.25, -0.2) is 0 Å². The minimum absolute atomic E-state index is 0.317. The molecule has 4 rings (SSSR count). The van der Waals surface area contributed by atoms with Crippen LogP contribution in [0.25, 0.3) is 11.1 Å². The van der Waals surface area contributed by atoms with E-state index in [1.54, 1.807) is 0 Å². The molecule has 1 heteroatoms. The van der Waals surface area contributed by atoms with Crippen LogP contribution in [0.5, 0.6) is 0 Å². The first-order valence-corrected chi connectivity index (χ1v) is 9.87. The molecule has 0 amide bonds. The van der Waals surface area contributed by atoms with Crippen LogP contribution in [0.2, 0.25) is 0 Å². The molecule has 0 fully saturated rings. The Bertz CT molecular complexity index is 863. The van der Waals surface area contributed by atoms with Gasteiger partial charge in [-0.1, -0.05) is 73.2 Å². The first kappa shape index (κ1) is 17.0. The minimum atomic E-state index is 0.317. The van der Waals surface area contributed by atoms with Crippen molar-refractivity contribution in [1.82, 2.24) is 0 Å². The van der Waals surface area contributed by atoms with Gasteiger partial charge in [0, 0.05) is 5.71 Å². The zero-order valence-electron chi connectivity index (χ0n) is 15.8. The lowest BCUT2D eigenvalue weighted by Crippen LogP contribution is -2.02. The molecular formula is C25H27N. The summed E-state index contributed by atoms with van der Waals surface area (Å²) >= 11 is 0. The summed E-state index contributed by atoms with van der Waals surface area (Å²) < 4.78 is 0. The van der Waals surface area contributed by atoms with Crippen molar-refractivity contribution in [3.8, 4) is 11.1 Å². The number of benzene rings is 2. The van der Waals surface area contributed by atoms with Gasteiger partial charge in [0.1, 0.15) is 0 Å². The number of allylic oxidation sites excluding steroid dienone is 4. The normalized spacial score (nSPS) is 19.8. The summed E-state index contributed by atoms with van der Waals surface area (Å²) in [6.07, 6.45) is 10.2. The van der Waals surface area contributed by atoms with E-state index >= 15 is 0 Å². The first-order valence-electron chi connectivity index (χ1n) is 9.87. The maximum atomic E-state index is 5.06. The maximum absolute atomic E-state index is 5.06. The van der Waals surface area contributed by atoms with Gasteiger partial charge in [0.15, 0.2) is 0 Å². The van der Waals surface area contributed by atoms with Crippen LogP contribution in [-0.2, 0) is 6.42 Å². The molecule has 0 radical (unpaired) electrons. The lowest BCUT2D eigenvalue weighted by molar-refractivity contribution is 0.723. The summed E-state index contributed by atoms with van der Waals surface area (Å²) in [5.74, 6) is 0. The van der Waals surface area contributed by atoms with E-state index in [1.165, 1.54) is 52.0 Å². The molecule has 1 heterocycles. The SMILES string of the molecule is CCc1ccc(-c2ccc([C@H]3CCC(C4=C(C)CCC=C4)=N3)cc2)cc1. The van der Waals surface area contributed by atoms with Crippen LogP contribution >= 0.6 is 0 Å². The van der Waals surface area contributed by atoms with Crippen LogP contribution in [0.1, 0.15) is 56.7 Å². The van der Waals surface area contributed by atoms with Crippen molar-refractivity contribution in [1.29, 1.82) is 0 Å². The van der Waals surface area contributed by atoms with E-state index in [0.717, 1.165) is 19.3 Å². The van der Waals surface area contributed by atoms with E-state index < -0.39 is 0 Å². The highest BCUT2D eigenvalue weighted by atomic mass is 14.8. The Morgan fingerprint density at radius 2 is 1.62 bits per heavy atom. The topological polar surface area (TPSA) is 12.4 Å². The van der Waals surface area contributed by atoms with Gasteiger partial charge in [0.05, 0.1) is 6.04 Å². The average Bonchev–Trinajstić information content (AvgIpc) is 3.18. The second kappa shape index (κ2) is 7.45. The van der Waals surface area contributed by atoms with Gasteiger partial charge in [-0.2, -0.15) is 0 Å². The molecule has 2 aliphatic rings. The van der Waals surface area contributed by atoms with Crippen molar-refractivity contribution in [3.05, 3.63) is 83.0 Å². The Morgan fingerprint density at radius 1 is 0.923 bits per heavy atom. The van der Waals surface area contributed by atoms with Crippen molar-refractivity contribution in [2.24, 2.45) is 4.99 Å². The molecule has 0 saturated heterocycles. The molecule has 0 N–H and O–H groups in total. The number of rotatable bonds is 4. The highest BCUT2D eigenvalue weighted by Gasteiger charge is 2.22. The molecule has 0 aromatic heterocycles. The smallest absolute Gasteiger partial charge is 0.0756 e. The van der Waals surface area contributed by atoms with Crippen LogP contribution in [0.4, 0.5) is 0 Å². The predicted molar refractivity (Wildman–Crippen MR) is 112 cm³/mol. The van der Waals surface area contributed by atoms with Gasteiger partial charge >= 0.3 is 0 Å². The van der Waals surface area contributed by atoms with E-state index in [9.17, 15) is 0 Å². The molecule has 1 aliphatic heterocycles. The van der Waals surface area contributed by atoms with E-state index in [-0.39, 0.29) is 0 Å². The minimum Gasteiger partial charge on any atom is -0.281 e. The molecule has 0 bridgehead atoms. The molecule has 2 aromatic carbocycles. The van der Waals surface area contributed by atoms with E-state index in [1.807, 2.05) is 0 Å². The third-order valence-corrected chi connectivity index (χ3v) is 5.70. The Morgan fingerprint density at radius 3 is 2.27 bits per heavy atom. The van der Waals surface area contributed by atoms with Crippen LogP contribution in [-0.4, -0.2) is 5.71 Å².